The van der Waals surface area contributed by atoms with Crippen molar-refractivity contribution in [2.75, 3.05) is 5.43 Å². The minimum atomic E-state index is -0.265. The number of hydrogen-bond donors (Lipinski definition) is 2. The van der Waals surface area contributed by atoms with Crippen LogP contribution in [0.4, 0.5) is 5.69 Å². The van der Waals surface area contributed by atoms with E-state index in [1.807, 2.05) is 38.1 Å². The van der Waals surface area contributed by atoms with Gasteiger partial charge in [0.25, 0.3) is 5.91 Å². The number of hydrazine groups is 1. The lowest BCUT2D eigenvalue weighted by atomic mass is 10.1. The van der Waals surface area contributed by atoms with Crippen molar-refractivity contribution in [3.63, 3.8) is 0 Å². The highest BCUT2D eigenvalue weighted by Gasteiger charge is 2.01. The second-order valence-corrected chi connectivity index (χ2v) is 5.78. The van der Waals surface area contributed by atoms with Gasteiger partial charge in [-0.2, -0.15) is 0 Å². The van der Waals surface area contributed by atoms with Gasteiger partial charge in [0, 0.05) is 16.1 Å². The fourth-order valence-electron chi connectivity index (χ4n) is 1.86. The van der Waals surface area contributed by atoms with Gasteiger partial charge in [0.15, 0.2) is 0 Å². The van der Waals surface area contributed by atoms with Gasteiger partial charge in [0.2, 0.25) is 0 Å². The molecule has 5 heteroatoms. The van der Waals surface area contributed by atoms with Crippen LogP contribution < -0.4 is 10.9 Å². The average molecular weight is 335 g/mol. The molecule has 114 valence electrons. The summed E-state index contributed by atoms with van der Waals surface area (Å²) in [6.45, 7) is 3.89. The molecule has 0 radical (unpaired) electrons. The predicted molar refractivity (Wildman–Crippen MR) is 93.2 cm³/mol. The van der Waals surface area contributed by atoms with Gasteiger partial charge in [-0.3, -0.25) is 15.6 Å². The van der Waals surface area contributed by atoms with E-state index in [2.05, 4.69) is 10.9 Å². The zero-order valence-electron chi connectivity index (χ0n) is 12.3. The van der Waals surface area contributed by atoms with Crippen molar-refractivity contribution in [2.24, 2.45) is 0 Å². The van der Waals surface area contributed by atoms with E-state index in [0.717, 1.165) is 22.4 Å². The summed E-state index contributed by atoms with van der Waals surface area (Å²) in [5.41, 5.74) is 9.15. The first-order valence-electron chi connectivity index (χ1n) is 6.72. The topological polar surface area (TPSA) is 41.1 Å². The molecule has 0 saturated heterocycles. The number of halogens is 2. The molecule has 0 aliphatic rings. The Balaban J connectivity index is 1.99. The van der Waals surface area contributed by atoms with Gasteiger partial charge in [-0.1, -0.05) is 35.3 Å². The Kier molecular flexibility index (Phi) is 5.47. The molecule has 0 fully saturated rings. The molecule has 0 unspecified atom stereocenters. The van der Waals surface area contributed by atoms with Crippen LogP contribution in [0.25, 0.3) is 6.08 Å². The highest BCUT2D eigenvalue weighted by molar-refractivity contribution is 6.31. The maximum Gasteiger partial charge on any atom is 0.262 e. The molecule has 2 aromatic rings. The second-order valence-electron chi connectivity index (χ2n) is 4.91. The zero-order chi connectivity index (χ0) is 16.1. The number of carbonyl (C=O) groups excluding carboxylic acids is 1. The number of hydrogen-bond acceptors (Lipinski definition) is 2. The van der Waals surface area contributed by atoms with Crippen molar-refractivity contribution in [1.29, 1.82) is 0 Å². The summed E-state index contributed by atoms with van der Waals surface area (Å²) in [4.78, 5) is 11.9. The Morgan fingerprint density at radius 2 is 1.64 bits per heavy atom. The van der Waals surface area contributed by atoms with Crippen LogP contribution in [-0.2, 0) is 4.79 Å². The van der Waals surface area contributed by atoms with Gasteiger partial charge in [0.1, 0.15) is 0 Å². The Morgan fingerprint density at radius 1 is 1.00 bits per heavy atom. The van der Waals surface area contributed by atoms with Crippen molar-refractivity contribution < 1.29 is 4.79 Å². The third kappa shape index (κ3) is 4.52. The third-order valence-corrected chi connectivity index (χ3v) is 3.65. The van der Waals surface area contributed by atoms with Crippen molar-refractivity contribution in [3.8, 4) is 0 Å². The number of nitrogens with one attached hydrogen (secondary N) is 2. The van der Waals surface area contributed by atoms with E-state index >= 15 is 0 Å². The van der Waals surface area contributed by atoms with Crippen molar-refractivity contribution in [1.82, 2.24) is 5.43 Å². The Morgan fingerprint density at radius 3 is 2.36 bits per heavy atom. The smallest absolute Gasteiger partial charge is 0.262 e. The van der Waals surface area contributed by atoms with Crippen molar-refractivity contribution in [2.45, 2.75) is 13.8 Å². The number of benzene rings is 2. The summed E-state index contributed by atoms with van der Waals surface area (Å²) < 4.78 is 0. The summed E-state index contributed by atoms with van der Waals surface area (Å²) in [5.74, 6) is -0.265. The van der Waals surface area contributed by atoms with Gasteiger partial charge >= 0.3 is 0 Å². The molecule has 0 bridgehead atoms. The number of rotatable bonds is 4. The van der Waals surface area contributed by atoms with E-state index < -0.39 is 0 Å². The van der Waals surface area contributed by atoms with Crippen LogP contribution in [0.3, 0.4) is 0 Å². The maximum absolute atomic E-state index is 11.9. The molecular weight excluding hydrogens is 319 g/mol. The standard InChI is InChI=1S/C17H16Cl2N2O/c1-11-3-6-14(18)9-13(11)5-8-17(22)21-20-16-10-15(19)7-4-12(16)2/h3-10,20H,1-2H3,(H,21,22)/b8-5+. The van der Waals surface area contributed by atoms with Crippen LogP contribution in [0.2, 0.25) is 10.0 Å². The number of amides is 1. The van der Waals surface area contributed by atoms with Crippen molar-refractivity contribution >= 4 is 40.9 Å². The molecule has 3 nitrogen and oxygen atoms in total. The van der Waals surface area contributed by atoms with Crippen LogP contribution >= 0.6 is 23.2 Å². The average Bonchev–Trinajstić information content (AvgIpc) is 2.49. The van der Waals surface area contributed by atoms with E-state index in [0.29, 0.717) is 10.0 Å². The first-order chi connectivity index (χ1) is 10.5. The number of carbonyl (C=O) groups is 1. The SMILES string of the molecule is Cc1ccc(Cl)cc1/C=C/C(=O)NNc1cc(Cl)ccc1C. The minimum Gasteiger partial charge on any atom is -0.298 e. The molecule has 2 aromatic carbocycles. The summed E-state index contributed by atoms with van der Waals surface area (Å²) in [5, 5.41) is 1.24. The molecule has 2 rings (SSSR count). The summed E-state index contributed by atoms with van der Waals surface area (Å²) in [6, 6.07) is 11.0. The van der Waals surface area contributed by atoms with Crippen LogP contribution in [0, 0.1) is 13.8 Å². The molecule has 0 atom stereocenters. The number of aryl methyl sites for hydroxylation is 2. The molecule has 2 N–H and O–H groups in total. The fraction of sp³-hybridized carbons (Fsp3) is 0.118. The molecular formula is C17H16Cl2N2O. The minimum absolute atomic E-state index is 0.265. The predicted octanol–water partition coefficient (Wildman–Crippen LogP) is 4.77. The number of anilines is 1. The second kappa shape index (κ2) is 7.34. The molecule has 1 amide bonds. The largest absolute Gasteiger partial charge is 0.298 e. The van der Waals surface area contributed by atoms with E-state index in [-0.39, 0.29) is 5.91 Å². The van der Waals surface area contributed by atoms with Gasteiger partial charge in [-0.05, 0) is 60.9 Å². The quantitative estimate of drug-likeness (QED) is 0.624. The highest BCUT2D eigenvalue weighted by Crippen LogP contribution is 2.19. The van der Waals surface area contributed by atoms with Crippen LogP contribution in [0.15, 0.2) is 42.5 Å². The van der Waals surface area contributed by atoms with Gasteiger partial charge < -0.3 is 0 Å². The van der Waals surface area contributed by atoms with Gasteiger partial charge in [-0.25, -0.2) is 0 Å². The highest BCUT2D eigenvalue weighted by atomic mass is 35.5. The normalized spacial score (nSPS) is 10.7. The zero-order valence-corrected chi connectivity index (χ0v) is 13.8. The molecule has 22 heavy (non-hydrogen) atoms. The third-order valence-electron chi connectivity index (χ3n) is 3.18. The molecule has 0 spiro atoms. The van der Waals surface area contributed by atoms with Gasteiger partial charge in [0.05, 0.1) is 5.69 Å². The fourth-order valence-corrected chi connectivity index (χ4v) is 2.21. The Labute approximate surface area is 139 Å². The lowest BCUT2D eigenvalue weighted by Crippen LogP contribution is -2.27. The van der Waals surface area contributed by atoms with E-state index in [9.17, 15) is 4.79 Å². The lowest BCUT2D eigenvalue weighted by Gasteiger charge is -2.10. The first kappa shape index (κ1) is 16.4. The van der Waals surface area contributed by atoms with E-state index in [1.165, 1.54) is 6.08 Å². The molecule has 0 heterocycles. The molecule has 0 aromatic heterocycles. The van der Waals surface area contributed by atoms with E-state index in [4.69, 9.17) is 23.2 Å². The summed E-state index contributed by atoms with van der Waals surface area (Å²) in [6.07, 6.45) is 3.18. The van der Waals surface area contributed by atoms with Gasteiger partial charge in [-0.15, -0.1) is 0 Å². The molecule has 0 aliphatic heterocycles. The molecule has 0 aliphatic carbocycles. The Bertz CT molecular complexity index is 727. The van der Waals surface area contributed by atoms with Crippen LogP contribution in [0.5, 0.6) is 0 Å². The van der Waals surface area contributed by atoms with Crippen molar-refractivity contribution in [3.05, 3.63) is 69.2 Å². The van der Waals surface area contributed by atoms with Crippen LogP contribution in [0.1, 0.15) is 16.7 Å². The lowest BCUT2D eigenvalue weighted by molar-refractivity contribution is -0.115. The molecule has 0 saturated carbocycles. The monoisotopic (exact) mass is 334 g/mol. The summed E-state index contributed by atoms with van der Waals surface area (Å²) in [7, 11) is 0. The summed E-state index contributed by atoms with van der Waals surface area (Å²) >= 11 is 11.9. The Hall–Kier alpha value is -1.97. The van der Waals surface area contributed by atoms with Crippen LogP contribution in [-0.4, -0.2) is 5.91 Å². The van der Waals surface area contributed by atoms with E-state index in [1.54, 1.807) is 18.2 Å². The first-order valence-corrected chi connectivity index (χ1v) is 7.47. The maximum atomic E-state index is 11.9.